The summed E-state index contributed by atoms with van der Waals surface area (Å²) in [6.07, 6.45) is 3.77. The van der Waals surface area contributed by atoms with Crippen LogP contribution in [0.1, 0.15) is 30.7 Å². The van der Waals surface area contributed by atoms with E-state index in [0.717, 1.165) is 24.8 Å². The van der Waals surface area contributed by atoms with Crippen LogP contribution < -0.4 is 10.1 Å². The summed E-state index contributed by atoms with van der Waals surface area (Å²) >= 11 is 0. The minimum Gasteiger partial charge on any atom is -0.497 e. The third-order valence-electron chi connectivity index (χ3n) is 4.20. The van der Waals surface area contributed by atoms with Crippen molar-refractivity contribution in [1.82, 2.24) is 10.2 Å². The molecule has 1 aliphatic heterocycles. The van der Waals surface area contributed by atoms with Gasteiger partial charge in [-0.25, -0.2) is 0 Å². The predicted molar refractivity (Wildman–Crippen MR) is 81.4 cm³/mol. The first-order valence-corrected chi connectivity index (χ1v) is 7.42. The van der Waals surface area contributed by atoms with Gasteiger partial charge in [0.15, 0.2) is 5.96 Å². The molecular weight excluding hydrogens is 250 g/mol. The van der Waals surface area contributed by atoms with Gasteiger partial charge in [-0.15, -0.1) is 0 Å². The number of hydrogen-bond donors (Lipinski definition) is 1. The Morgan fingerprint density at radius 3 is 2.60 bits per heavy atom. The van der Waals surface area contributed by atoms with E-state index in [1.165, 1.54) is 24.8 Å². The van der Waals surface area contributed by atoms with E-state index in [1.54, 1.807) is 7.11 Å². The number of ether oxygens (including phenoxy) is 1. The number of nitrogens with zero attached hydrogens (tertiary/aromatic N) is 2. The molecule has 1 saturated carbocycles. The standard InChI is InChI=1S/C16H23N3O/c1-17-16(18-14-5-6-14)19-10-9-13(11-19)12-3-7-15(20-2)8-4-12/h3-4,7-8,13-14H,5-6,9-11H2,1-2H3,(H,17,18). The summed E-state index contributed by atoms with van der Waals surface area (Å²) in [5, 5.41) is 3.53. The van der Waals surface area contributed by atoms with Crippen LogP contribution in [0.3, 0.4) is 0 Å². The van der Waals surface area contributed by atoms with Crippen molar-refractivity contribution in [3.05, 3.63) is 29.8 Å². The molecule has 108 valence electrons. The topological polar surface area (TPSA) is 36.9 Å². The lowest BCUT2D eigenvalue weighted by Crippen LogP contribution is -2.40. The second-order valence-electron chi connectivity index (χ2n) is 5.67. The molecule has 0 amide bonds. The van der Waals surface area contributed by atoms with Crippen LogP contribution in [-0.4, -0.2) is 44.1 Å². The van der Waals surface area contributed by atoms with Crippen LogP contribution >= 0.6 is 0 Å². The van der Waals surface area contributed by atoms with Crippen molar-refractivity contribution >= 4 is 5.96 Å². The Kier molecular flexibility index (Phi) is 3.81. The highest BCUT2D eigenvalue weighted by Crippen LogP contribution is 2.29. The van der Waals surface area contributed by atoms with E-state index in [4.69, 9.17) is 4.74 Å². The highest BCUT2D eigenvalue weighted by atomic mass is 16.5. The molecule has 20 heavy (non-hydrogen) atoms. The highest BCUT2D eigenvalue weighted by molar-refractivity contribution is 5.80. The maximum absolute atomic E-state index is 5.22. The largest absolute Gasteiger partial charge is 0.497 e. The molecule has 1 N–H and O–H groups in total. The molecule has 4 heteroatoms. The zero-order valence-corrected chi connectivity index (χ0v) is 12.3. The first-order valence-electron chi connectivity index (χ1n) is 7.42. The molecule has 2 aliphatic rings. The quantitative estimate of drug-likeness (QED) is 0.678. The van der Waals surface area contributed by atoms with Gasteiger partial charge in [-0.2, -0.15) is 0 Å². The van der Waals surface area contributed by atoms with Crippen LogP contribution in [0.2, 0.25) is 0 Å². The molecule has 1 saturated heterocycles. The number of nitrogens with one attached hydrogen (secondary N) is 1. The molecule has 1 unspecified atom stereocenters. The molecule has 1 aromatic rings. The number of hydrogen-bond acceptors (Lipinski definition) is 2. The van der Waals surface area contributed by atoms with E-state index >= 15 is 0 Å². The van der Waals surface area contributed by atoms with Gasteiger partial charge in [0.1, 0.15) is 5.75 Å². The number of likely N-dealkylation sites (tertiary alicyclic amines) is 1. The maximum Gasteiger partial charge on any atom is 0.193 e. The van der Waals surface area contributed by atoms with Gasteiger partial charge in [0.25, 0.3) is 0 Å². The van der Waals surface area contributed by atoms with Crippen LogP contribution in [0.15, 0.2) is 29.3 Å². The van der Waals surface area contributed by atoms with E-state index in [-0.39, 0.29) is 0 Å². The second-order valence-corrected chi connectivity index (χ2v) is 5.67. The van der Waals surface area contributed by atoms with Crippen molar-refractivity contribution < 1.29 is 4.74 Å². The lowest BCUT2D eigenvalue weighted by atomic mass is 9.98. The lowest BCUT2D eigenvalue weighted by Gasteiger charge is -2.21. The minimum absolute atomic E-state index is 0.596. The third-order valence-corrected chi connectivity index (χ3v) is 4.20. The molecule has 4 nitrogen and oxygen atoms in total. The number of aliphatic imine (C=N–C) groups is 1. The van der Waals surface area contributed by atoms with Gasteiger partial charge in [0.05, 0.1) is 7.11 Å². The van der Waals surface area contributed by atoms with Crippen molar-refractivity contribution in [2.24, 2.45) is 4.99 Å². The molecule has 1 aromatic carbocycles. The molecule has 0 radical (unpaired) electrons. The molecule has 1 aliphatic carbocycles. The molecule has 0 aromatic heterocycles. The molecular formula is C16H23N3O. The van der Waals surface area contributed by atoms with E-state index < -0.39 is 0 Å². The minimum atomic E-state index is 0.596. The molecule has 1 heterocycles. The summed E-state index contributed by atoms with van der Waals surface area (Å²) in [4.78, 5) is 6.80. The molecule has 1 atom stereocenters. The molecule has 0 bridgehead atoms. The Balaban J connectivity index is 1.62. The zero-order valence-electron chi connectivity index (χ0n) is 12.3. The summed E-state index contributed by atoms with van der Waals surface area (Å²) in [5.41, 5.74) is 1.40. The monoisotopic (exact) mass is 273 g/mol. The summed E-state index contributed by atoms with van der Waals surface area (Å²) < 4.78 is 5.22. The lowest BCUT2D eigenvalue weighted by molar-refractivity contribution is 0.414. The smallest absolute Gasteiger partial charge is 0.193 e. The normalized spacial score (nSPS) is 23.0. The van der Waals surface area contributed by atoms with Crippen molar-refractivity contribution in [3.63, 3.8) is 0 Å². The number of guanidine groups is 1. The van der Waals surface area contributed by atoms with Gasteiger partial charge in [-0.05, 0) is 37.0 Å². The fourth-order valence-electron chi connectivity index (χ4n) is 2.81. The first-order chi connectivity index (χ1) is 9.80. The first kappa shape index (κ1) is 13.3. The Morgan fingerprint density at radius 1 is 1.25 bits per heavy atom. The summed E-state index contributed by atoms with van der Waals surface area (Å²) in [6.45, 7) is 2.14. The Morgan fingerprint density at radius 2 is 2.00 bits per heavy atom. The number of methoxy groups -OCH3 is 1. The van der Waals surface area contributed by atoms with E-state index in [9.17, 15) is 0 Å². The second kappa shape index (κ2) is 5.73. The summed E-state index contributed by atoms with van der Waals surface area (Å²) in [7, 11) is 3.59. The number of rotatable bonds is 3. The molecule has 2 fully saturated rings. The Bertz CT molecular complexity index is 479. The summed E-state index contributed by atoms with van der Waals surface area (Å²) in [5.74, 6) is 2.59. The van der Waals surface area contributed by atoms with Crippen LogP contribution in [0.5, 0.6) is 5.75 Å². The average molecular weight is 273 g/mol. The van der Waals surface area contributed by atoms with Crippen molar-refractivity contribution in [3.8, 4) is 5.75 Å². The van der Waals surface area contributed by atoms with Crippen LogP contribution in [0.4, 0.5) is 0 Å². The zero-order chi connectivity index (χ0) is 13.9. The highest BCUT2D eigenvalue weighted by Gasteiger charge is 2.29. The van der Waals surface area contributed by atoms with Gasteiger partial charge in [-0.3, -0.25) is 4.99 Å². The van der Waals surface area contributed by atoms with Crippen molar-refractivity contribution in [1.29, 1.82) is 0 Å². The van der Waals surface area contributed by atoms with E-state index in [1.807, 2.05) is 7.05 Å². The fraction of sp³-hybridized carbons (Fsp3) is 0.562. The van der Waals surface area contributed by atoms with Gasteiger partial charge < -0.3 is 15.0 Å². The SMILES string of the molecule is CN=C(NC1CC1)N1CCC(c2ccc(OC)cc2)C1. The van der Waals surface area contributed by atoms with Gasteiger partial charge in [-0.1, -0.05) is 12.1 Å². The predicted octanol–water partition coefficient (Wildman–Crippen LogP) is 2.22. The van der Waals surface area contributed by atoms with E-state index in [2.05, 4.69) is 39.5 Å². The average Bonchev–Trinajstić information content (AvgIpc) is 3.19. The fourth-order valence-corrected chi connectivity index (χ4v) is 2.81. The molecule has 3 rings (SSSR count). The van der Waals surface area contributed by atoms with Crippen LogP contribution in [0.25, 0.3) is 0 Å². The van der Waals surface area contributed by atoms with Gasteiger partial charge >= 0.3 is 0 Å². The van der Waals surface area contributed by atoms with Crippen LogP contribution in [0, 0.1) is 0 Å². The van der Waals surface area contributed by atoms with Crippen molar-refractivity contribution in [2.45, 2.75) is 31.2 Å². The van der Waals surface area contributed by atoms with Crippen LogP contribution in [-0.2, 0) is 0 Å². The maximum atomic E-state index is 5.22. The summed E-state index contributed by atoms with van der Waals surface area (Å²) in [6, 6.07) is 9.13. The Hall–Kier alpha value is -1.71. The van der Waals surface area contributed by atoms with E-state index in [0.29, 0.717) is 12.0 Å². The van der Waals surface area contributed by atoms with Gasteiger partial charge in [0.2, 0.25) is 0 Å². The Labute approximate surface area is 120 Å². The third kappa shape index (κ3) is 2.89. The number of benzene rings is 1. The molecule has 0 spiro atoms. The van der Waals surface area contributed by atoms with Gasteiger partial charge in [0, 0.05) is 32.1 Å². The van der Waals surface area contributed by atoms with Crippen molar-refractivity contribution in [2.75, 3.05) is 27.2 Å².